The molecule has 0 N–H and O–H groups in total. The number of aromatic nitrogens is 4. The fourth-order valence-corrected chi connectivity index (χ4v) is 8.44. The zero-order valence-corrected chi connectivity index (χ0v) is 32.6. The van der Waals surface area contributed by atoms with E-state index in [2.05, 4.69) is 231 Å². The van der Waals surface area contributed by atoms with Crippen molar-refractivity contribution < 1.29 is 0 Å². The van der Waals surface area contributed by atoms with Gasteiger partial charge in [-0.25, -0.2) is 4.68 Å². The molecule has 0 spiro atoms. The number of fused-ring (bicyclic) bond motifs is 4. The molecular weight excluding hydrogens is 733 g/mol. The van der Waals surface area contributed by atoms with E-state index in [1.165, 1.54) is 0 Å². The van der Waals surface area contributed by atoms with Gasteiger partial charge in [-0.2, -0.15) is 0 Å². The third-order valence-corrected chi connectivity index (χ3v) is 11.2. The van der Waals surface area contributed by atoms with Crippen LogP contribution in [0.25, 0.3) is 55.3 Å². The van der Waals surface area contributed by atoms with Crippen LogP contribution in [-0.4, -0.2) is 19.6 Å². The Hall–Kier alpha value is -8.22. The molecule has 6 nitrogen and oxygen atoms in total. The highest BCUT2D eigenvalue weighted by molar-refractivity contribution is 6.12. The minimum Gasteiger partial charge on any atom is -0.310 e. The quantitative estimate of drug-likeness (QED) is 0.147. The Kier molecular flexibility index (Phi) is 8.71. The molecular formula is C54H38N6. The van der Waals surface area contributed by atoms with E-state index in [0.717, 1.165) is 89.5 Å². The Balaban J connectivity index is 1.09. The molecule has 0 unspecified atom stereocenters. The van der Waals surface area contributed by atoms with Gasteiger partial charge in [-0.1, -0.05) is 114 Å². The van der Waals surface area contributed by atoms with Crippen molar-refractivity contribution in [3.8, 4) is 22.5 Å². The summed E-state index contributed by atoms with van der Waals surface area (Å²) >= 11 is 0. The summed E-state index contributed by atoms with van der Waals surface area (Å²) in [6.07, 6.45) is 0. The number of benzene rings is 9. The number of hydrogen-bond acceptors (Lipinski definition) is 4. The summed E-state index contributed by atoms with van der Waals surface area (Å²) in [5, 5.41) is 11.1. The van der Waals surface area contributed by atoms with Crippen molar-refractivity contribution in [2.24, 2.45) is 0 Å². The molecule has 284 valence electrons. The van der Waals surface area contributed by atoms with Crippen LogP contribution in [0.1, 0.15) is 0 Å². The topological polar surface area (TPSA) is 42.1 Å². The maximum Gasteiger partial charge on any atom is 0.113 e. The Labute approximate surface area is 348 Å². The van der Waals surface area contributed by atoms with Gasteiger partial charge in [0.25, 0.3) is 0 Å². The molecule has 0 saturated carbocycles. The van der Waals surface area contributed by atoms with Crippen LogP contribution < -0.4 is 9.80 Å². The Morgan fingerprint density at radius 3 is 1.32 bits per heavy atom. The van der Waals surface area contributed by atoms with Gasteiger partial charge in [-0.05, 0) is 132 Å². The normalized spacial score (nSPS) is 11.3. The number of anilines is 6. The van der Waals surface area contributed by atoms with Crippen molar-refractivity contribution in [3.05, 3.63) is 231 Å². The maximum atomic E-state index is 4.43. The lowest BCUT2D eigenvalue weighted by molar-refractivity contribution is 0.824. The lowest BCUT2D eigenvalue weighted by atomic mass is 10.0. The molecule has 0 aliphatic heterocycles. The molecule has 0 aliphatic carbocycles. The van der Waals surface area contributed by atoms with Gasteiger partial charge in [0, 0.05) is 50.6 Å². The van der Waals surface area contributed by atoms with E-state index in [9.17, 15) is 0 Å². The minimum atomic E-state index is 0.875. The summed E-state index contributed by atoms with van der Waals surface area (Å²) in [5.41, 5.74) is 15.0. The van der Waals surface area contributed by atoms with Crippen LogP contribution in [0.4, 0.5) is 34.1 Å². The van der Waals surface area contributed by atoms with Crippen LogP contribution in [0.15, 0.2) is 231 Å². The van der Waals surface area contributed by atoms with Gasteiger partial charge in [0.15, 0.2) is 0 Å². The van der Waals surface area contributed by atoms with Gasteiger partial charge in [-0.3, -0.25) is 0 Å². The molecule has 2 heterocycles. The lowest BCUT2D eigenvalue weighted by Gasteiger charge is -2.26. The van der Waals surface area contributed by atoms with Crippen LogP contribution >= 0.6 is 0 Å². The van der Waals surface area contributed by atoms with Crippen LogP contribution in [0.2, 0.25) is 0 Å². The first-order valence-electron chi connectivity index (χ1n) is 20.2. The number of rotatable bonds is 9. The summed E-state index contributed by atoms with van der Waals surface area (Å²) in [6, 6.07) is 81.6. The zero-order chi connectivity index (χ0) is 39.8. The van der Waals surface area contributed by atoms with E-state index in [-0.39, 0.29) is 0 Å². The number of hydrogen-bond donors (Lipinski definition) is 0. The van der Waals surface area contributed by atoms with Crippen molar-refractivity contribution in [1.82, 2.24) is 19.6 Å². The zero-order valence-electron chi connectivity index (χ0n) is 32.6. The predicted octanol–water partition coefficient (Wildman–Crippen LogP) is 14.1. The second kappa shape index (κ2) is 14.9. The standard InChI is InChI=1S/C54H38N6/c1-5-17-41(18-6-1)57(42-19-7-2-8-20-42)47-32-34-52-49(37-47)50-38-48(58(43-21-9-3-10-22-43)44-23-11-4-12-24-44)33-35-53(50)59(52)46-25-15-16-40(36-46)39-28-30-45(31-29-39)60-54-27-14-13-26-51(54)55-56-60/h1-38H. The summed E-state index contributed by atoms with van der Waals surface area (Å²) in [4.78, 5) is 4.66. The molecule has 0 aliphatic rings. The molecule has 6 heteroatoms. The highest BCUT2D eigenvalue weighted by Gasteiger charge is 2.20. The Morgan fingerprint density at radius 1 is 0.317 bits per heavy atom. The monoisotopic (exact) mass is 770 g/mol. The summed E-state index contributed by atoms with van der Waals surface area (Å²) in [7, 11) is 0. The van der Waals surface area contributed by atoms with Gasteiger partial charge in [0.1, 0.15) is 5.52 Å². The third kappa shape index (κ3) is 6.24. The second-order valence-corrected chi connectivity index (χ2v) is 14.8. The molecule has 9 aromatic carbocycles. The van der Waals surface area contributed by atoms with Crippen molar-refractivity contribution in [1.29, 1.82) is 0 Å². The van der Waals surface area contributed by atoms with Crippen molar-refractivity contribution in [3.63, 3.8) is 0 Å². The lowest BCUT2D eigenvalue weighted by Crippen LogP contribution is -2.09. The van der Waals surface area contributed by atoms with E-state index < -0.39 is 0 Å². The minimum absolute atomic E-state index is 0.875. The highest BCUT2D eigenvalue weighted by atomic mass is 15.4. The molecule has 11 aromatic rings. The largest absolute Gasteiger partial charge is 0.310 e. The van der Waals surface area contributed by atoms with E-state index in [1.807, 2.05) is 28.9 Å². The highest BCUT2D eigenvalue weighted by Crippen LogP contribution is 2.43. The first-order valence-corrected chi connectivity index (χ1v) is 20.2. The number of nitrogens with zero attached hydrogens (tertiary/aromatic N) is 6. The van der Waals surface area contributed by atoms with Crippen molar-refractivity contribution >= 4 is 67.0 Å². The molecule has 11 rings (SSSR count). The molecule has 0 fully saturated rings. The molecule has 0 amide bonds. The summed E-state index contributed by atoms with van der Waals surface area (Å²) < 4.78 is 4.30. The summed E-state index contributed by atoms with van der Waals surface area (Å²) in [5.74, 6) is 0. The SMILES string of the molecule is c1ccc(N(c2ccccc2)c2ccc3c(c2)c2cc(N(c4ccccc4)c4ccccc4)ccc2n3-c2cccc(-c3ccc(-n4nnc5ccccc54)cc3)c2)cc1. The van der Waals surface area contributed by atoms with Crippen molar-refractivity contribution in [2.75, 3.05) is 9.80 Å². The molecule has 60 heavy (non-hydrogen) atoms. The van der Waals surface area contributed by atoms with Gasteiger partial charge >= 0.3 is 0 Å². The molecule has 0 bridgehead atoms. The Bertz CT molecular complexity index is 3030. The molecule has 0 atom stereocenters. The fraction of sp³-hybridized carbons (Fsp3) is 0. The smallest absolute Gasteiger partial charge is 0.113 e. The Morgan fingerprint density at radius 2 is 0.800 bits per heavy atom. The fourth-order valence-electron chi connectivity index (χ4n) is 8.44. The first kappa shape index (κ1) is 35.0. The molecule has 2 aromatic heterocycles. The van der Waals surface area contributed by atoms with E-state index >= 15 is 0 Å². The van der Waals surface area contributed by atoms with Crippen LogP contribution in [0.3, 0.4) is 0 Å². The van der Waals surface area contributed by atoms with E-state index in [0.29, 0.717) is 0 Å². The van der Waals surface area contributed by atoms with Crippen LogP contribution in [-0.2, 0) is 0 Å². The van der Waals surface area contributed by atoms with E-state index in [1.54, 1.807) is 0 Å². The average molecular weight is 771 g/mol. The maximum absolute atomic E-state index is 4.43. The van der Waals surface area contributed by atoms with Gasteiger partial charge < -0.3 is 14.4 Å². The van der Waals surface area contributed by atoms with Crippen LogP contribution in [0, 0.1) is 0 Å². The van der Waals surface area contributed by atoms with Gasteiger partial charge in [-0.15, -0.1) is 5.10 Å². The average Bonchev–Trinajstić information content (AvgIpc) is 3.90. The second-order valence-electron chi connectivity index (χ2n) is 14.8. The van der Waals surface area contributed by atoms with Gasteiger partial charge in [0.2, 0.25) is 0 Å². The first-order chi connectivity index (χ1) is 29.8. The third-order valence-electron chi connectivity index (χ3n) is 11.2. The molecule has 0 saturated heterocycles. The van der Waals surface area contributed by atoms with E-state index in [4.69, 9.17) is 0 Å². The van der Waals surface area contributed by atoms with Gasteiger partial charge in [0.05, 0.1) is 22.2 Å². The summed E-state index contributed by atoms with van der Waals surface area (Å²) in [6.45, 7) is 0. The van der Waals surface area contributed by atoms with Crippen molar-refractivity contribution in [2.45, 2.75) is 0 Å². The predicted molar refractivity (Wildman–Crippen MR) is 248 cm³/mol. The number of para-hydroxylation sites is 5. The molecule has 0 radical (unpaired) electrons. The van der Waals surface area contributed by atoms with Crippen LogP contribution in [0.5, 0.6) is 0 Å².